The van der Waals surface area contributed by atoms with Crippen molar-refractivity contribution in [2.75, 3.05) is 83.4 Å². The highest BCUT2D eigenvalue weighted by Crippen LogP contribution is 2.31. The number of piperazine rings is 2. The Morgan fingerprint density at radius 2 is 0.971 bits per heavy atom. The Hall–Kier alpha value is -6.48. The van der Waals surface area contributed by atoms with Gasteiger partial charge in [-0.3, -0.25) is 19.2 Å². The number of carbonyl (C=O) groups is 4. The summed E-state index contributed by atoms with van der Waals surface area (Å²) in [5.74, 6) is 3.27. The van der Waals surface area contributed by atoms with Crippen LogP contribution in [0.3, 0.4) is 0 Å². The summed E-state index contributed by atoms with van der Waals surface area (Å²) in [6.45, 7) is 12.1. The standard InChI is InChI=1S/C46H50Cl2N14O4S2/c1-27-9-7-11-31(47)41(27)57-43(65)33-25-49-45(67-33)55-35-23-37(53-29(3)51-35)59-15-19-61(20-16-59)39(63)13-5-6-14-40(64)62-21-17-60(18-22-62)38-24-36(52-30(4)54-38)56-46-50-26-34(68-46)44(66)58-42-28(2)10-8-12-32(42)48/h7-12,23-26H,5-6,13-22H2,1-4H3,(H,57,65)(H,58,66)(H,49,51,53,55)(H,50,52,54,56). The summed E-state index contributed by atoms with van der Waals surface area (Å²) in [4.78, 5) is 88.3. The van der Waals surface area contributed by atoms with Crippen LogP contribution in [0.4, 0.5) is 44.9 Å². The Kier molecular flexibility index (Phi) is 15.3. The molecule has 8 rings (SSSR count). The van der Waals surface area contributed by atoms with Crippen LogP contribution in [0.1, 0.15) is 67.8 Å². The second kappa shape index (κ2) is 21.6. The molecular formula is C46H50Cl2N14O4S2. The minimum Gasteiger partial charge on any atom is -0.353 e. The predicted molar refractivity (Wildman–Crippen MR) is 269 cm³/mol. The maximum absolute atomic E-state index is 13.2. The van der Waals surface area contributed by atoms with Crippen molar-refractivity contribution in [2.45, 2.75) is 53.4 Å². The molecule has 2 aliphatic heterocycles. The molecule has 0 atom stereocenters. The van der Waals surface area contributed by atoms with Crippen molar-refractivity contribution in [2.24, 2.45) is 0 Å². The molecule has 2 fully saturated rings. The Bertz CT molecular complexity index is 2600. The van der Waals surface area contributed by atoms with E-state index >= 15 is 0 Å². The topological polar surface area (TPSA) is 207 Å². The van der Waals surface area contributed by atoms with Crippen LogP contribution >= 0.6 is 45.9 Å². The lowest BCUT2D eigenvalue weighted by Crippen LogP contribution is -2.49. The maximum atomic E-state index is 13.2. The smallest absolute Gasteiger partial charge is 0.267 e. The van der Waals surface area contributed by atoms with Gasteiger partial charge in [0.15, 0.2) is 10.3 Å². The molecule has 68 heavy (non-hydrogen) atoms. The summed E-state index contributed by atoms with van der Waals surface area (Å²) in [6, 6.07) is 14.6. The van der Waals surface area contributed by atoms with Crippen molar-refractivity contribution in [1.29, 1.82) is 0 Å². The van der Waals surface area contributed by atoms with Gasteiger partial charge in [-0.05, 0) is 63.8 Å². The zero-order valence-electron chi connectivity index (χ0n) is 37.9. The Labute approximate surface area is 411 Å². The monoisotopic (exact) mass is 996 g/mol. The number of halogens is 2. The van der Waals surface area contributed by atoms with Crippen LogP contribution in [-0.2, 0) is 9.59 Å². The number of amides is 4. The average Bonchev–Trinajstić information content (AvgIpc) is 4.00. The second-order valence-corrected chi connectivity index (χ2v) is 19.2. The van der Waals surface area contributed by atoms with E-state index in [-0.39, 0.29) is 23.6 Å². The molecule has 2 aromatic carbocycles. The molecule has 4 N–H and O–H groups in total. The van der Waals surface area contributed by atoms with Crippen LogP contribution in [0, 0.1) is 27.7 Å². The highest BCUT2D eigenvalue weighted by atomic mass is 35.5. The van der Waals surface area contributed by atoms with Gasteiger partial charge in [0.1, 0.15) is 44.7 Å². The molecule has 6 heterocycles. The number of thiazole rings is 2. The summed E-state index contributed by atoms with van der Waals surface area (Å²) in [5, 5.41) is 14.1. The van der Waals surface area contributed by atoms with E-state index in [1.807, 2.05) is 73.9 Å². The minimum atomic E-state index is -0.307. The van der Waals surface area contributed by atoms with E-state index in [1.165, 1.54) is 35.1 Å². The third-order valence-corrected chi connectivity index (χ3v) is 13.9. The van der Waals surface area contributed by atoms with Gasteiger partial charge < -0.3 is 40.9 Å². The van der Waals surface area contributed by atoms with Gasteiger partial charge in [-0.25, -0.2) is 29.9 Å². The van der Waals surface area contributed by atoms with Crippen molar-refractivity contribution in [3.8, 4) is 0 Å². The molecule has 22 heteroatoms. The molecule has 0 aliphatic carbocycles. The number of nitrogens with zero attached hydrogens (tertiary/aromatic N) is 10. The summed E-state index contributed by atoms with van der Waals surface area (Å²) >= 11 is 15.0. The van der Waals surface area contributed by atoms with Crippen LogP contribution in [-0.4, -0.2) is 116 Å². The molecule has 354 valence electrons. The van der Waals surface area contributed by atoms with Gasteiger partial charge in [0.25, 0.3) is 11.8 Å². The van der Waals surface area contributed by atoms with Crippen LogP contribution < -0.4 is 31.1 Å². The van der Waals surface area contributed by atoms with Gasteiger partial charge in [0.2, 0.25) is 11.8 Å². The Morgan fingerprint density at radius 3 is 1.35 bits per heavy atom. The van der Waals surface area contributed by atoms with Gasteiger partial charge in [-0.1, -0.05) is 70.1 Å². The van der Waals surface area contributed by atoms with Gasteiger partial charge in [0, 0.05) is 77.3 Å². The number of unbranched alkanes of at least 4 members (excludes halogenated alkanes) is 1. The average molecular weight is 998 g/mol. The van der Waals surface area contributed by atoms with E-state index in [4.69, 9.17) is 23.2 Å². The van der Waals surface area contributed by atoms with Crippen molar-refractivity contribution < 1.29 is 19.2 Å². The number of benzene rings is 2. The fourth-order valence-corrected chi connectivity index (χ4v) is 9.79. The zero-order valence-corrected chi connectivity index (χ0v) is 41.1. The maximum Gasteiger partial charge on any atom is 0.267 e. The van der Waals surface area contributed by atoms with Crippen LogP contribution in [0.25, 0.3) is 0 Å². The zero-order chi connectivity index (χ0) is 47.9. The molecule has 4 amide bonds. The summed E-state index contributed by atoms with van der Waals surface area (Å²) in [7, 11) is 0. The van der Waals surface area contributed by atoms with Gasteiger partial charge in [-0.15, -0.1) is 0 Å². The highest BCUT2D eigenvalue weighted by molar-refractivity contribution is 7.18. The number of carbonyl (C=O) groups excluding carboxylic acids is 4. The predicted octanol–water partition coefficient (Wildman–Crippen LogP) is 8.27. The van der Waals surface area contributed by atoms with E-state index in [2.05, 4.69) is 61.0 Å². The summed E-state index contributed by atoms with van der Waals surface area (Å²) in [6.07, 6.45) is 5.05. The van der Waals surface area contributed by atoms with E-state index in [9.17, 15) is 19.2 Å². The van der Waals surface area contributed by atoms with Crippen molar-refractivity contribution in [3.63, 3.8) is 0 Å². The summed E-state index contributed by atoms with van der Waals surface area (Å²) in [5.41, 5.74) is 2.85. The Balaban J connectivity index is 0.740. The molecule has 2 aliphatic rings. The van der Waals surface area contributed by atoms with E-state index in [0.29, 0.717) is 143 Å². The van der Waals surface area contributed by atoms with E-state index in [1.54, 1.807) is 12.1 Å². The lowest BCUT2D eigenvalue weighted by molar-refractivity contribution is -0.133. The molecule has 18 nitrogen and oxygen atoms in total. The molecule has 6 aromatic rings. The number of aromatic nitrogens is 6. The Morgan fingerprint density at radius 1 is 0.574 bits per heavy atom. The number of hydrogen-bond donors (Lipinski definition) is 4. The summed E-state index contributed by atoms with van der Waals surface area (Å²) < 4.78 is 0. The SMILES string of the molecule is Cc1nc(Nc2ncc(C(=O)Nc3c(C)cccc3Cl)s2)cc(N2CCN(C(=O)CCCCC(=O)N3CCN(c4cc(Nc5ncc(C(=O)Nc6c(C)cccc6Cl)s5)nc(C)n4)CC3)CC2)n1. The molecule has 0 bridgehead atoms. The first-order valence-electron chi connectivity index (χ1n) is 22.1. The normalized spacial score (nSPS) is 13.9. The lowest BCUT2D eigenvalue weighted by Gasteiger charge is -2.36. The van der Waals surface area contributed by atoms with Crippen molar-refractivity contribution in [1.82, 2.24) is 39.7 Å². The number of anilines is 8. The number of nitrogens with one attached hydrogen (secondary N) is 4. The first-order valence-corrected chi connectivity index (χ1v) is 24.5. The first-order chi connectivity index (χ1) is 32.8. The van der Waals surface area contributed by atoms with Crippen LogP contribution in [0.2, 0.25) is 10.0 Å². The van der Waals surface area contributed by atoms with Gasteiger partial charge >= 0.3 is 0 Å². The fourth-order valence-electron chi connectivity index (χ4n) is 7.82. The van der Waals surface area contributed by atoms with Gasteiger partial charge in [0.05, 0.1) is 33.8 Å². The number of rotatable bonds is 15. The lowest BCUT2D eigenvalue weighted by atomic mass is 10.1. The molecule has 0 spiro atoms. The van der Waals surface area contributed by atoms with E-state index < -0.39 is 0 Å². The molecule has 0 unspecified atom stereocenters. The fraction of sp³-hybridized carbons (Fsp3) is 0.348. The molecule has 2 saturated heterocycles. The van der Waals surface area contributed by atoms with E-state index in [0.717, 1.165) is 22.8 Å². The first kappa shape index (κ1) is 48.0. The molecule has 0 saturated carbocycles. The second-order valence-electron chi connectivity index (χ2n) is 16.3. The van der Waals surface area contributed by atoms with Gasteiger partial charge in [-0.2, -0.15) is 0 Å². The quantitative estimate of drug-likeness (QED) is 0.0715. The largest absolute Gasteiger partial charge is 0.353 e. The van der Waals surface area contributed by atoms with Crippen molar-refractivity contribution >= 4 is 114 Å². The van der Waals surface area contributed by atoms with Crippen LogP contribution in [0.15, 0.2) is 60.9 Å². The minimum absolute atomic E-state index is 0.0820. The number of aryl methyl sites for hydroxylation is 4. The third kappa shape index (κ3) is 12.0. The van der Waals surface area contributed by atoms with Crippen LogP contribution in [0.5, 0.6) is 0 Å². The third-order valence-electron chi connectivity index (χ3n) is 11.4. The van der Waals surface area contributed by atoms with Crippen molar-refractivity contribution in [3.05, 3.63) is 103 Å². The molecule has 4 aromatic heterocycles. The molecule has 0 radical (unpaired) electrons. The molecular weight excluding hydrogens is 948 g/mol. The number of hydrogen-bond acceptors (Lipinski definition) is 16. The number of para-hydroxylation sites is 2. The highest BCUT2D eigenvalue weighted by Gasteiger charge is 2.25.